The SMILES string of the molecule is CNc1ncc2cc(-c3cc(NC=O)c(F)cc3C)c(C)nc2n1. The van der Waals surface area contributed by atoms with E-state index in [2.05, 4.69) is 25.6 Å². The molecule has 122 valence electrons. The Hall–Kier alpha value is -3.09. The molecule has 0 atom stereocenters. The van der Waals surface area contributed by atoms with Crippen LogP contribution in [0.25, 0.3) is 22.2 Å². The fraction of sp³-hybridized carbons (Fsp3) is 0.176. The number of anilines is 2. The topological polar surface area (TPSA) is 79.8 Å². The van der Waals surface area contributed by atoms with Gasteiger partial charge in [-0.15, -0.1) is 0 Å². The molecule has 0 aliphatic rings. The molecule has 24 heavy (non-hydrogen) atoms. The van der Waals surface area contributed by atoms with Crippen molar-refractivity contribution in [3.05, 3.63) is 41.5 Å². The molecule has 0 fully saturated rings. The Kier molecular flexibility index (Phi) is 4.07. The molecule has 7 heteroatoms. The maximum Gasteiger partial charge on any atom is 0.224 e. The lowest BCUT2D eigenvalue weighted by Gasteiger charge is -2.13. The van der Waals surface area contributed by atoms with Gasteiger partial charge in [-0.25, -0.2) is 14.4 Å². The molecule has 1 aromatic carbocycles. The summed E-state index contributed by atoms with van der Waals surface area (Å²) >= 11 is 0. The summed E-state index contributed by atoms with van der Waals surface area (Å²) in [6.45, 7) is 3.68. The fourth-order valence-electron chi connectivity index (χ4n) is 2.58. The van der Waals surface area contributed by atoms with Gasteiger partial charge in [0.05, 0.1) is 5.69 Å². The summed E-state index contributed by atoms with van der Waals surface area (Å²) in [5, 5.41) is 6.03. The first-order valence-electron chi connectivity index (χ1n) is 7.36. The van der Waals surface area contributed by atoms with Crippen LogP contribution in [0, 0.1) is 19.7 Å². The van der Waals surface area contributed by atoms with Crippen molar-refractivity contribution in [3.8, 4) is 11.1 Å². The van der Waals surface area contributed by atoms with E-state index in [0.717, 1.165) is 27.8 Å². The Bertz CT molecular complexity index is 942. The highest BCUT2D eigenvalue weighted by Gasteiger charge is 2.13. The maximum absolute atomic E-state index is 13.9. The second-order valence-electron chi connectivity index (χ2n) is 5.39. The number of nitrogens with zero attached hydrogens (tertiary/aromatic N) is 3. The van der Waals surface area contributed by atoms with Crippen LogP contribution in [0.2, 0.25) is 0 Å². The number of aryl methyl sites for hydroxylation is 2. The summed E-state index contributed by atoms with van der Waals surface area (Å²) in [5.74, 6) is 0.0225. The molecule has 3 aromatic rings. The number of hydrogen-bond acceptors (Lipinski definition) is 5. The van der Waals surface area contributed by atoms with Gasteiger partial charge < -0.3 is 10.6 Å². The first-order chi connectivity index (χ1) is 11.5. The number of halogens is 1. The van der Waals surface area contributed by atoms with Crippen LogP contribution in [0.4, 0.5) is 16.0 Å². The molecule has 0 unspecified atom stereocenters. The summed E-state index contributed by atoms with van der Waals surface area (Å²) in [7, 11) is 1.74. The lowest BCUT2D eigenvalue weighted by atomic mass is 9.97. The van der Waals surface area contributed by atoms with E-state index in [-0.39, 0.29) is 5.69 Å². The van der Waals surface area contributed by atoms with E-state index in [0.29, 0.717) is 18.0 Å². The zero-order valence-corrected chi connectivity index (χ0v) is 13.5. The molecule has 1 amide bonds. The fourth-order valence-corrected chi connectivity index (χ4v) is 2.58. The van der Waals surface area contributed by atoms with Crippen LogP contribution in [-0.2, 0) is 4.79 Å². The van der Waals surface area contributed by atoms with Crippen molar-refractivity contribution in [1.29, 1.82) is 0 Å². The highest BCUT2D eigenvalue weighted by molar-refractivity contribution is 5.85. The van der Waals surface area contributed by atoms with Gasteiger partial charge in [-0.05, 0) is 43.2 Å². The van der Waals surface area contributed by atoms with Gasteiger partial charge in [-0.2, -0.15) is 4.98 Å². The van der Waals surface area contributed by atoms with Gasteiger partial charge in [0.15, 0.2) is 5.65 Å². The molecule has 0 aliphatic heterocycles. The van der Waals surface area contributed by atoms with Crippen LogP contribution in [0.5, 0.6) is 0 Å². The quantitative estimate of drug-likeness (QED) is 0.721. The predicted octanol–water partition coefficient (Wildman–Crippen LogP) is 3.06. The van der Waals surface area contributed by atoms with Crippen LogP contribution < -0.4 is 10.6 Å². The number of carbonyl (C=O) groups is 1. The lowest BCUT2D eigenvalue weighted by Crippen LogP contribution is -2.01. The minimum absolute atomic E-state index is 0.131. The minimum atomic E-state index is -0.475. The number of pyridine rings is 1. The van der Waals surface area contributed by atoms with Gasteiger partial charge in [0.1, 0.15) is 5.82 Å². The van der Waals surface area contributed by atoms with Crippen LogP contribution in [0.3, 0.4) is 0 Å². The highest BCUT2D eigenvalue weighted by atomic mass is 19.1. The van der Waals surface area contributed by atoms with Crippen LogP contribution >= 0.6 is 0 Å². The van der Waals surface area contributed by atoms with E-state index >= 15 is 0 Å². The van der Waals surface area contributed by atoms with Crippen molar-refractivity contribution in [3.63, 3.8) is 0 Å². The monoisotopic (exact) mass is 325 g/mol. The molecule has 2 aromatic heterocycles. The zero-order valence-electron chi connectivity index (χ0n) is 13.5. The van der Waals surface area contributed by atoms with Gasteiger partial charge in [0, 0.05) is 29.9 Å². The molecule has 0 aliphatic carbocycles. The standard InChI is InChI=1S/C17H16FN5O/c1-9-4-14(18)15(21-8-24)6-12(9)13-5-11-7-20-17(19-3)23-16(11)22-10(13)2/h4-8H,1-3H3,(H,21,24)(H,19,20,22,23). The number of rotatable bonds is 4. The third-order valence-corrected chi connectivity index (χ3v) is 3.80. The second-order valence-corrected chi connectivity index (χ2v) is 5.39. The number of nitrogens with one attached hydrogen (secondary N) is 2. The summed E-state index contributed by atoms with van der Waals surface area (Å²) in [4.78, 5) is 23.7. The molecule has 0 saturated carbocycles. The van der Waals surface area contributed by atoms with Crippen LogP contribution in [0.15, 0.2) is 24.4 Å². The van der Waals surface area contributed by atoms with E-state index in [4.69, 9.17) is 0 Å². The van der Waals surface area contributed by atoms with Gasteiger partial charge in [0.2, 0.25) is 12.4 Å². The van der Waals surface area contributed by atoms with E-state index in [1.165, 1.54) is 6.07 Å². The Labute approximate surface area is 138 Å². The molecule has 6 nitrogen and oxygen atoms in total. The number of carbonyl (C=O) groups excluding carboxylic acids is 1. The van der Waals surface area contributed by atoms with Crippen molar-refractivity contribution in [2.45, 2.75) is 13.8 Å². The molecule has 0 bridgehead atoms. The normalized spacial score (nSPS) is 10.7. The molecule has 2 heterocycles. The van der Waals surface area contributed by atoms with Gasteiger partial charge in [0.25, 0.3) is 0 Å². The van der Waals surface area contributed by atoms with Crippen molar-refractivity contribution < 1.29 is 9.18 Å². The summed E-state index contributed by atoms with van der Waals surface area (Å²) in [5.41, 5.74) is 3.87. The van der Waals surface area contributed by atoms with Crippen molar-refractivity contribution in [1.82, 2.24) is 15.0 Å². The average molecular weight is 325 g/mol. The lowest BCUT2D eigenvalue weighted by molar-refractivity contribution is -0.105. The van der Waals surface area contributed by atoms with Gasteiger partial charge in [-0.1, -0.05) is 0 Å². The van der Waals surface area contributed by atoms with Crippen molar-refractivity contribution in [2.24, 2.45) is 0 Å². The number of fused-ring (bicyclic) bond motifs is 1. The van der Waals surface area contributed by atoms with Crippen molar-refractivity contribution >= 4 is 29.1 Å². The van der Waals surface area contributed by atoms with E-state index in [1.54, 1.807) is 19.3 Å². The Balaban J connectivity index is 2.20. The molecule has 2 N–H and O–H groups in total. The number of amides is 1. The smallest absolute Gasteiger partial charge is 0.224 e. The molecule has 0 spiro atoms. The summed E-state index contributed by atoms with van der Waals surface area (Å²) < 4.78 is 13.9. The molecule has 3 rings (SSSR count). The van der Waals surface area contributed by atoms with E-state index < -0.39 is 5.82 Å². The van der Waals surface area contributed by atoms with E-state index in [1.807, 2.05) is 19.9 Å². The Morgan fingerprint density at radius 3 is 2.62 bits per heavy atom. The first kappa shape index (κ1) is 15.8. The summed E-state index contributed by atoms with van der Waals surface area (Å²) in [6, 6.07) is 4.92. The second kappa shape index (κ2) is 6.19. The zero-order chi connectivity index (χ0) is 17.3. The first-order valence-corrected chi connectivity index (χ1v) is 7.36. The number of hydrogen-bond donors (Lipinski definition) is 2. The highest BCUT2D eigenvalue weighted by Crippen LogP contribution is 2.32. The largest absolute Gasteiger partial charge is 0.357 e. The Morgan fingerprint density at radius 1 is 1.12 bits per heavy atom. The predicted molar refractivity (Wildman–Crippen MR) is 91.4 cm³/mol. The average Bonchev–Trinajstić information content (AvgIpc) is 2.56. The molecule has 0 saturated heterocycles. The van der Waals surface area contributed by atoms with E-state index in [9.17, 15) is 9.18 Å². The minimum Gasteiger partial charge on any atom is -0.357 e. The van der Waals surface area contributed by atoms with Crippen molar-refractivity contribution in [2.75, 3.05) is 17.7 Å². The van der Waals surface area contributed by atoms with Gasteiger partial charge in [-0.3, -0.25) is 4.79 Å². The molecular formula is C17H16FN5O. The van der Waals surface area contributed by atoms with Crippen LogP contribution in [-0.4, -0.2) is 28.4 Å². The maximum atomic E-state index is 13.9. The third-order valence-electron chi connectivity index (χ3n) is 3.80. The Morgan fingerprint density at radius 2 is 1.92 bits per heavy atom. The van der Waals surface area contributed by atoms with Gasteiger partial charge >= 0.3 is 0 Å². The number of benzene rings is 1. The van der Waals surface area contributed by atoms with Crippen LogP contribution in [0.1, 0.15) is 11.3 Å². The number of aromatic nitrogens is 3. The third kappa shape index (κ3) is 2.76. The summed E-state index contributed by atoms with van der Waals surface area (Å²) in [6.07, 6.45) is 2.14. The molecular weight excluding hydrogens is 309 g/mol. The molecule has 0 radical (unpaired) electrons.